The molecule has 32 heavy (non-hydrogen) atoms. The minimum atomic E-state index is -0.255. The first-order valence-electron chi connectivity index (χ1n) is 11.9. The van der Waals surface area contributed by atoms with E-state index >= 15 is 0 Å². The zero-order valence-corrected chi connectivity index (χ0v) is 19.1. The number of hydrogen-bond acceptors (Lipinski definition) is 7. The van der Waals surface area contributed by atoms with Gasteiger partial charge >= 0.3 is 5.97 Å². The molecule has 3 rings (SSSR count). The van der Waals surface area contributed by atoms with Gasteiger partial charge in [-0.1, -0.05) is 12.2 Å². The Kier molecular flexibility index (Phi) is 8.96. The highest BCUT2D eigenvalue weighted by molar-refractivity contribution is 5.95. The fourth-order valence-corrected chi connectivity index (χ4v) is 4.73. The lowest BCUT2D eigenvalue weighted by atomic mass is 9.97. The summed E-state index contributed by atoms with van der Waals surface area (Å²) < 4.78 is 5.56. The molecule has 0 aromatic rings. The number of carbonyl (C=O) groups excluding carboxylic acids is 1. The van der Waals surface area contributed by atoms with Crippen molar-refractivity contribution in [1.82, 2.24) is 10.2 Å². The number of nitrogens with one attached hydrogen (secondary N) is 1. The van der Waals surface area contributed by atoms with E-state index in [4.69, 9.17) is 26.3 Å². The molecule has 9 nitrogen and oxygen atoms in total. The predicted octanol–water partition coefficient (Wildman–Crippen LogP) is 1.53. The first-order valence-corrected chi connectivity index (χ1v) is 11.9. The van der Waals surface area contributed by atoms with Crippen molar-refractivity contribution >= 4 is 17.9 Å². The zero-order valence-electron chi connectivity index (χ0n) is 19.1. The summed E-state index contributed by atoms with van der Waals surface area (Å²) in [7, 11) is 0. The van der Waals surface area contributed by atoms with E-state index in [0.29, 0.717) is 30.8 Å². The van der Waals surface area contributed by atoms with Gasteiger partial charge in [-0.05, 0) is 64.7 Å². The maximum absolute atomic E-state index is 12.8. The van der Waals surface area contributed by atoms with E-state index in [1.807, 2.05) is 13.0 Å². The molecule has 0 aromatic heterocycles. The zero-order chi connectivity index (χ0) is 22.9. The first kappa shape index (κ1) is 24.1. The van der Waals surface area contributed by atoms with Crippen LogP contribution in [-0.2, 0) is 9.53 Å². The fourth-order valence-electron chi connectivity index (χ4n) is 4.73. The van der Waals surface area contributed by atoms with Gasteiger partial charge in [0.1, 0.15) is 0 Å². The third kappa shape index (κ3) is 6.25. The van der Waals surface area contributed by atoms with Crippen LogP contribution in [0.1, 0.15) is 64.7 Å². The van der Waals surface area contributed by atoms with Crippen LogP contribution in [0.5, 0.6) is 0 Å². The number of aliphatic imine (C=N–C) groups is 2. The highest BCUT2D eigenvalue weighted by Crippen LogP contribution is 2.39. The summed E-state index contributed by atoms with van der Waals surface area (Å²) >= 11 is 0. The van der Waals surface area contributed by atoms with Crippen LogP contribution in [0.3, 0.4) is 0 Å². The Labute approximate surface area is 190 Å². The molecule has 178 valence electrons. The van der Waals surface area contributed by atoms with Crippen LogP contribution in [0, 0.1) is 0 Å². The topological polar surface area (TPSA) is 139 Å². The second-order valence-electron chi connectivity index (χ2n) is 8.69. The molecule has 3 aliphatic rings. The van der Waals surface area contributed by atoms with Crippen molar-refractivity contribution < 1.29 is 14.6 Å². The molecule has 0 bridgehead atoms. The number of aliphatic hydroxyl groups excluding tert-OH is 1. The number of ether oxygens (including phenoxy) is 1. The predicted molar refractivity (Wildman–Crippen MR) is 126 cm³/mol. The molecule has 0 radical (unpaired) electrons. The smallest absolute Gasteiger partial charge is 0.337 e. The average molecular weight is 447 g/mol. The molecule has 9 heteroatoms. The van der Waals surface area contributed by atoms with Gasteiger partial charge in [-0.15, -0.1) is 0 Å². The minimum absolute atomic E-state index is 0.0849. The van der Waals surface area contributed by atoms with E-state index in [0.717, 1.165) is 69.4 Å². The van der Waals surface area contributed by atoms with Crippen molar-refractivity contribution in [1.29, 1.82) is 0 Å². The summed E-state index contributed by atoms with van der Waals surface area (Å²) in [5.41, 5.74) is 12.4. The van der Waals surface area contributed by atoms with E-state index in [1.165, 1.54) is 0 Å². The van der Waals surface area contributed by atoms with Gasteiger partial charge in [0.15, 0.2) is 11.9 Å². The number of unbranched alkanes of at least 4 members (excludes halogenated alkanes) is 2. The van der Waals surface area contributed by atoms with Crippen LogP contribution in [0.25, 0.3) is 0 Å². The van der Waals surface area contributed by atoms with Crippen LogP contribution < -0.4 is 16.8 Å². The highest BCUT2D eigenvalue weighted by atomic mass is 16.5. The van der Waals surface area contributed by atoms with Gasteiger partial charge in [0.25, 0.3) is 0 Å². The lowest BCUT2D eigenvalue weighted by Gasteiger charge is -2.42. The number of nitrogens with zero attached hydrogens (tertiary/aromatic N) is 3. The molecule has 3 atom stereocenters. The number of allylic oxidation sites excluding steroid dienone is 2. The standard InChI is InChI=1S/C23H38N6O3/c1-16-20(21(31)32-14-8-6-12-26-22(24)25)19-11-10-18-15-17(28-23(27-16)29(18)19)9-5-3-2-4-7-13-30/h2,4,16-18,30H,3,5-15H2,1H3,(H,27,28)(H4,24,25,26). The van der Waals surface area contributed by atoms with Crippen molar-refractivity contribution in [2.24, 2.45) is 21.5 Å². The molecule has 2 saturated heterocycles. The maximum atomic E-state index is 12.8. The first-order chi connectivity index (χ1) is 15.5. The van der Waals surface area contributed by atoms with Gasteiger partial charge in [-0.2, -0.15) is 0 Å². The molecule has 2 fully saturated rings. The molecule has 0 saturated carbocycles. The van der Waals surface area contributed by atoms with Crippen LogP contribution in [-0.4, -0.2) is 65.8 Å². The summed E-state index contributed by atoms with van der Waals surface area (Å²) in [6.45, 7) is 3.08. The van der Waals surface area contributed by atoms with Crippen LogP contribution in [0.2, 0.25) is 0 Å². The highest BCUT2D eigenvalue weighted by Gasteiger charge is 2.44. The largest absolute Gasteiger partial charge is 0.462 e. The van der Waals surface area contributed by atoms with Gasteiger partial charge in [-0.25, -0.2) is 9.79 Å². The summed E-state index contributed by atoms with van der Waals surface area (Å²) in [5.74, 6) is 0.743. The van der Waals surface area contributed by atoms with Crippen molar-refractivity contribution in [2.45, 2.75) is 82.8 Å². The third-order valence-corrected chi connectivity index (χ3v) is 6.22. The molecule has 3 heterocycles. The summed E-state index contributed by atoms with van der Waals surface area (Å²) in [4.78, 5) is 23.9. The molecular weight excluding hydrogens is 408 g/mol. The second-order valence-corrected chi connectivity index (χ2v) is 8.69. The molecule has 6 N–H and O–H groups in total. The molecule has 0 spiro atoms. The summed E-state index contributed by atoms with van der Waals surface area (Å²) in [6, 6.07) is 0.595. The van der Waals surface area contributed by atoms with Crippen molar-refractivity contribution in [3.8, 4) is 0 Å². The summed E-state index contributed by atoms with van der Waals surface area (Å²) in [6.07, 6.45) is 12.6. The molecule has 0 amide bonds. The van der Waals surface area contributed by atoms with Crippen LogP contribution >= 0.6 is 0 Å². The lowest BCUT2D eigenvalue weighted by Crippen LogP contribution is -2.56. The molecular formula is C23H38N6O3. The number of nitrogens with two attached hydrogens (primary N) is 2. The molecule has 3 unspecified atom stereocenters. The summed E-state index contributed by atoms with van der Waals surface area (Å²) in [5, 5.41) is 12.5. The van der Waals surface area contributed by atoms with E-state index in [2.05, 4.69) is 21.3 Å². The number of aliphatic hydroxyl groups is 1. The van der Waals surface area contributed by atoms with E-state index < -0.39 is 0 Å². The van der Waals surface area contributed by atoms with Crippen molar-refractivity contribution in [3.05, 3.63) is 23.4 Å². The van der Waals surface area contributed by atoms with Crippen molar-refractivity contribution in [2.75, 3.05) is 19.8 Å². The Balaban J connectivity index is 1.52. The lowest BCUT2D eigenvalue weighted by molar-refractivity contribution is -0.139. The SMILES string of the molecule is CC1N=C2NC(CCCC=CCCO)CC3CCC(=C1C(=O)OCCCCN=C(N)N)N23. The Morgan fingerprint density at radius 1 is 1.31 bits per heavy atom. The van der Waals surface area contributed by atoms with Gasteiger partial charge < -0.3 is 31.5 Å². The maximum Gasteiger partial charge on any atom is 0.337 e. The number of rotatable bonds is 12. The van der Waals surface area contributed by atoms with Crippen LogP contribution in [0.15, 0.2) is 33.4 Å². The average Bonchev–Trinajstić information content (AvgIpc) is 3.17. The quantitative estimate of drug-likeness (QED) is 0.117. The van der Waals surface area contributed by atoms with Gasteiger partial charge in [-0.3, -0.25) is 4.99 Å². The monoisotopic (exact) mass is 446 g/mol. The van der Waals surface area contributed by atoms with Gasteiger partial charge in [0.05, 0.1) is 18.2 Å². The van der Waals surface area contributed by atoms with E-state index in [1.54, 1.807) is 0 Å². The van der Waals surface area contributed by atoms with Gasteiger partial charge in [0, 0.05) is 30.9 Å². The number of guanidine groups is 2. The van der Waals surface area contributed by atoms with Gasteiger partial charge in [0.2, 0.25) is 0 Å². The molecule has 0 aliphatic carbocycles. The Hall–Kier alpha value is -2.55. The van der Waals surface area contributed by atoms with Crippen LogP contribution in [0.4, 0.5) is 0 Å². The van der Waals surface area contributed by atoms with E-state index in [-0.39, 0.29) is 24.6 Å². The number of esters is 1. The Bertz CT molecular complexity index is 772. The normalized spacial score (nSPS) is 24.2. The van der Waals surface area contributed by atoms with Crippen molar-refractivity contribution in [3.63, 3.8) is 0 Å². The molecule has 3 aliphatic heterocycles. The minimum Gasteiger partial charge on any atom is -0.462 e. The Morgan fingerprint density at radius 2 is 2.12 bits per heavy atom. The Morgan fingerprint density at radius 3 is 2.91 bits per heavy atom. The second kappa shape index (κ2) is 11.9. The third-order valence-electron chi connectivity index (χ3n) is 6.22. The van der Waals surface area contributed by atoms with E-state index in [9.17, 15) is 4.79 Å². The number of hydrogen-bond donors (Lipinski definition) is 4. The molecule has 0 aromatic carbocycles. The number of carbonyl (C=O) groups is 1. The fraction of sp³-hybridized carbons (Fsp3) is 0.696.